The molecule has 1 aromatic carbocycles. The molecule has 4 rings (SSSR count). The van der Waals surface area contributed by atoms with Crippen molar-refractivity contribution in [3.8, 4) is 0 Å². The van der Waals surface area contributed by atoms with Gasteiger partial charge >= 0.3 is 0 Å². The molecule has 0 radical (unpaired) electrons. The number of methoxy groups -OCH3 is 1. The normalized spacial score (nSPS) is 14.4. The molecule has 2 aromatic heterocycles. The fraction of sp³-hybridized carbons (Fsp3) is 0.409. The van der Waals surface area contributed by atoms with Gasteiger partial charge in [0.2, 0.25) is 5.91 Å². The summed E-state index contributed by atoms with van der Waals surface area (Å²) in [6.45, 7) is 2.26. The van der Waals surface area contributed by atoms with E-state index in [4.69, 9.17) is 9.72 Å². The van der Waals surface area contributed by atoms with Crippen LogP contribution in [0.3, 0.4) is 0 Å². The molecule has 6 nitrogen and oxygen atoms in total. The first-order chi connectivity index (χ1) is 15.4. The molecule has 1 aliphatic carbocycles. The molecule has 0 aliphatic heterocycles. The van der Waals surface area contributed by atoms with Gasteiger partial charge in [-0.15, -0.1) is 11.3 Å². The van der Waals surface area contributed by atoms with Crippen molar-refractivity contribution in [2.75, 3.05) is 19.0 Å². The second-order valence-corrected chi connectivity index (χ2v) is 10.0. The molecule has 1 atom stereocenters. The lowest BCUT2D eigenvalue weighted by atomic mass is 9.97. The number of carbonyl (C=O) groups excluding carboxylic acids is 1. The SMILES string of the molecule is COCCn1c(SC(C)C(=O)Nc2cc(F)ccc2F)nc2sc3c(c2c1=O)CCCC3. The number of aryl methyl sites for hydroxylation is 2. The lowest BCUT2D eigenvalue weighted by Gasteiger charge is -2.16. The number of carbonyl (C=O) groups is 1. The van der Waals surface area contributed by atoms with Crippen molar-refractivity contribution in [2.24, 2.45) is 0 Å². The van der Waals surface area contributed by atoms with Gasteiger partial charge in [0.1, 0.15) is 16.5 Å². The van der Waals surface area contributed by atoms with Crippen molar-refractivity contribution in [3.63, 3.8) is 0 Å². The van der Waals surface area contributed by atoms with Gasteiger partial charge in [0.05, 0.1) is 29.5 Å². The number of benzene rings is 1. The minimum absolute atomic E-state index is 0.127. The predicted octanol–water partition coefficient (Wildman–Crippen LogP) is 4.38. The van der Waals surface area contributed by atoms with Crippen molar-refractivity contribution in [1.29, 1.82) is 0 Å². The maximum atomic E-state index is 13.9. The first-order valence-corrected chi connectivity index (χ1v) is 12.0. The van der Waals surface area contributed by atoms with E-state index in [0.717, 1.165) is 61.2 Å². The highest BCUT2D eigenvalue weighted by atomic mass is 32.2. The molecule has 0 spiro atoms. The van der Waals surface area contributed by atoms with Gasteiger partial charge in [-0.25, -0.2) is 13.8 Å². The standard InChI is InChI=1S/C22H23F2N3O3S2/c1-12(19(28)25-16-11-13(23)7-8-15(16)24)31-22-26-20-18(21(29)27(22)9-10-30-2)14-5-3-4-6-17(14)32-20/h7-8,11-12H,3-6,9-10H2,1-2H3,(H,25,28). The van der Waals surface area contributed by atoms with E-state index < -0.39 is 22.8 Å². The Bertz CT molecular complexity index is 1230. The molecule has 32 heavy (non-hydrogen) atoms. The number of halogens is 2. The van der Waals surface area contributed by atoms with Crippen molar-refractivity contribution >= 4 is 44.9 Å². The molecule has 2 heterocycles. The van der Waals surface area contributed by atoms with Crippen LogP contribution in [0.1, 0.15) is 30.2 Å². The predicted molar refractivity (Wildman–Crippen MR) is 123 cm³/mol. The third kappa shape index (κ3) is 4.57. The van der Waals surface area contributed by atoms with Crippen LogP contribution in [0.5, 0.6) is 0 Å². The highest BCUT2D eigenvalue weighted by Gasteiger charge is 2.24. The molecule has 10 heteroatoms. The fourth-order valence-corrected chi connectivity index (χ4v) is 5.97. The van der Waals surface area contributed by atoms with E-state index in [1.54, 1.807) is 29.9 Å². The van der Waals surface area contributed by atoms with Crippen molar-refractivity contribution in [3.05, 3.63) is 50.6 Å². The number of ether oxygens (including phenoxy) is 1. The van der Waals surface area contributed by atoms with E-state index in [9.17, 15) is 18.4 Å². The minimum Gasteiger partial charge on any atom is -0.383 e. The second kappa shape index (κ2) is 9.68. The second-order valence-electron chi connectivity index (χ2n) is 7.61. The van der Waals surface area contributed by atoms with Crippen LogP contribution in [0.4, 0.5) is 14.5 Å². The van der Waals surface area contributed by atoms with Crippen LogP contribution in [-0.2, 0) is 28.9 Å². The number of nitrogens with zero attached hydrogens (tertiary/aromatic N) is 2. The summed E-state index contributed by atoms with van der Waals surface area (Å²) in [4.78, 5) is 32.7. The van der Waals surface area contributed by atoms with E-state index in [1.165, 1.54) is 4.88 Å². The third-order valence-corrected chi connectivity index (χ3v) is 7.67. The Morgan fingerprint density at radius 2 is 2.12 bits per heavy atom. The Balaban J connectivity index is 1.65. The van der Waals surface area contributed by atoms with E-state index in [-0.39, 0.29) is 11.2 Å². The number of nitrogens with one attached hydrogen (secondary N) is 1. The van der Waals surface area contributed by atoms with Crippen LogP contribution in [0.2, 0.25) is 0 Å². The van der Waals surface area contributed by atoms with E-state index in [0.29, 0.717) is 28.5 Å². The Hall–Kier alpha value is -2.30. The summed E-state index contributed by atoms with van der Waals surface area (Å²) in [6.07, 6.45) is 3.99. The Labute approximate surface area is 192 Å². The molecule has 3 aromatic rings. The lowest BCUT2D eigenvalue weighted by Crippen LogP contribution is -2.28. The van der Waals surface area contributed by atoms with E-state index in [2.05, 4.69) is 5.32 Å². The zero-order valence-corrected chi connectivity index (χ0v) is 19.4. The van der Waals surface area contributed by atoms with Gasteiger partial charge in [-0.05, 0) is 50.3 Å². The summed E-state index contributed by atoms with van der Waals surface area (Å²) in [5.74, 6) is -1.89. The quantitative estimate of drug-likeness (QED) is 0.402. The third-order valence-electron chi connectivity index (χ3n) is 5.40. The average Bonchev–Trinajstić information content (AvgIpc) is 3.14. The Morgan fingerprint density at radius 1 is 1.34 bits per heavy atom. The molecule has 1 unspecified atom stereocenters. The van der Waals surface area contributed by atoms with Crippen LogP contribution >= 0.6 is 23.1 Å². The van der Waals surface area contributed by atoms with Gasteiger partial charge in [0, 0.05) is 18.1 Å². The summed E-state index contributed by atoms with van der Waals surface area (Å²) in [7, 11) is 1.56. The number of rotatable bonds is 7. The van der Waals surface area contributed by atoms with Gasteiger partial charge in [0.15, 0.2) is 5.16 Å². The molecular formula is C22H23F2N3O3S2. The number of hydrogen-bond acceptors (Lipinski definition) is 6. The van der Waals surface area contributed by atoms with Crippen LogP contribution in [0, 0.1) is 11.6 Å². The maximum absolute atomic E-state index is 13.9. The number of hydrogen-bond donors (Lipinski definition) is 1. The topological polar surface area (TPSA) is 73.2 Å². The monoisotopic (exact) mass is 479 g/mol. The number of amides is 1. The highest BCUT2D eigenvalue weighted by Crippen LogP contribution is 2.35. The first-order valence-electron chi connectivity index (χ1n) is 10.4. The van der Waals surface area contributed by atoms with Crippen molar-refractivity contribution in [1.82, 2.24) is 9.55 Å². The molecular weight excluding hydrogens is 456 g/mol. The van der Waals surface area contributed by atoms with Gasteiger partial charge in [-0.2, -0.15) is 0 Å². The number of thiophene rings is 1. The van der Waals surface area contributed by atoms with E-state index in [1.807, 2.05) is 0 Å². The zero-order valence-electron chi connectivity index (χ0n) is 17.7. The molecule has 1 N–H and O–H groups in total. The summed E-state index contributed by atoms with van der Waals surface area (Å²) < 4.78 is 34.0. The van der Waals surface area contributed by atoms with Crippen molar-refractivity contribution < 1.29 is 18.3 Å². The molecule has 1 amide bonds. The minimum atomic E-state index is -0.724. The van der Waals surface area contributed by atoms with Crippen LogP contribution in [0.25, 0.3) is 10.2 Å². The number of fused-ring (bicyclic) bond motifs is 3. The van der Waals surface area contributed by atoms with Gasteiger partial charge in [-0.1, -0.05) is 11.8 Å². The maximum Gasteiger partial charge on any atom is 0.263 e. The Kier molecular flexibility index (Phi) is 6.92. The van der Waals surface area contributed by atoms with Gasteiger partial charge in [-0.3, -0.25) is 14.2 Å². The number of thioether (sulfide) groups is 1. The van der Waals surface area contributed by atoms with Gasteiger partial charge < -0.3 is 10.1 Å². The number of anilines is 1. The van der Waals surface area contributed by atoms with Crippen LogP contribution < -0.4 is 10.9 Å². The summed E-state index contributed by atoms with van der Waals surface area (Å²) in [6, 6.07) is 2.87. The molecule has 0 fully saturated rings. The number of aromatic nitrogens is 2. The Morgan fingerprint density at radius 3 is 2.91 bits per heavy atom. The van der Waals surface area contributed by atoms with Crippen LogP contribution in [-0.4, -0.2) is 34.4 Å². The molecule has 170 valence electrons. The van der Waals surface area contributed by atoms with E-state index >= 15 is 0 Å². The largest absolute Gasteiger partial charge is 0.383 e. The summed E-state index contributed by atoms with van der Waals surface area (Å²) in [5, 5.41) is 2.78. The molecule has 0 saturated carbocycles. The summed E-state index contributed by atoms with van der Waals surface area (Å²) >= 11 is 2.65. The molecule has 0 bridgehead atoms. The average molecular weight is 480 g/mol. The molecule has 0 saturated heterocycles. The van der Waals surface area contributed by atoms with Crippen molar-refractivity contribution in [2.45, 2.75) is 49.6 Å². The highest BCUT2D eigenvalue weighted by molar-refractivity contribution is 8.00. The van der Waals surface area contributed by atoms with Crippen LogP contribution in [0.15, 0.2) is 28.2 Å². The lowest BCUT2D eigenvalue weighted by molar-refractivity contribution is -0.115. The van der Waals surface area contributed by atoms with Gasteiger partial charge in [0.25, 0.3) is 5.56 Å². The zero-order chi connectivity index (χ0) is 22.8. The smallest absolute Gasteiger partial charge is 0.263 e. The fourth-order valence-electron chi connectivity index (χ4n) is 3.73. The molecule has 1 aliphatic rings. The summed E-state index contributed by atoms with van der Waals surface area (Å²) in [5.41, 5.74) is 0.745. The first kappa shape index (κ1) is 22.9.